The molecule has 0 bridgehead atoms. The lowest BCUT2D eigenvalue weighted by atomic mass is 10.1. The number of phosphoric ester groups is 1. The van der Waals surface area contributed by atoms with E-state index in [0.29, 0.717) is 23.9 Å². The van der Waals surface area contributed by atoms with Gasteiger partial charge < -0.3 is 27.9 Å². The second-order valence-corrected chi connectivity index (χ2v) is 17.1. The fourth-order valence-corrected chi connectivity index (χ4v) is 6.09. The van der Waals surface area contributed by atoms with Crippen LogP contribution in [0.5, 0.6) is 0 Å². The van der Waals surface area contributed by atoms with Gasteiger partial charge >= 0.3 is 11.9 Å². The number of hydrogen-bond donors (Lipinski definition) is 0. The Morgan fingerprint density at radius 1 is 0.534 bits per heavy atom. The monoisotopic (exact) mass is 832 g/mol. The molecule has 0 N–H and O–H groups in total. The lowest BCUT2D eigenvalue weighted by molar-refractivity contribution is -0.870. The number of quaternary nitrogens is 1. The Bertz CT molecular complexity index is 1260. The zero-order chi connectivity index (χ0) is 42.8. The van der Waals surface area contributed by atoms with Gasteiger partial charge in [0.1, 0.15) is 19.8 Å². The van der Waals surface area contributed by atoms with E-state index in [1.807, 2.05) is 21.1 Å². The van der Waals surface area contributed by atoms with Gasteiger partial charge in [-0.1, -0.05) is 144 Å². The van der Waals surface area contributed by atoms with E-state index in [2.05, 4.69) is 98.9 Å². The van der Waals surface area contributed by atoms with Crippen molar-refractivity contribution in [1.82, 2.24) is 0 Å². The smallest absolute Gasteiger partial charge is 0.306 e. The van der Waals surface area contributed by atoms with Gasteiger partial charge in [-0.2, -0.15) is 0 Å². The van der Waals surface area contributed by atoms with E-state index in [1.54, 1.807) is 0 Å². The largest absolute Gasteiger partial charge is 0.756 e. The molecule has 0 aromatic rings. The van der Waals surface area contributed by atoms with Crippen LogP contribution in [0.1, 0.15) is 155 Å². The number of rotatable bonds is 39. The lowest BCUT2D eigenvalue weighted by Crippen LogP contribution is -2.37. The molecule has 0 spiro atoms. The highest BCUT2D eigenvalue weighted by atomic mass is 31.2. The first kappa shape index (κ1) is 55.2. The van der Waals surface area contributed by atoms with Gasteiger partial charge in [-0.25, -0.2) is 0 Å². The van der Waals surface area contributed by atoms with Crippen molar-refractivity contribution in [3.05, 3.63) is 85.1 Å². The molecule has 0 fully saturated rings. The summed E-state index contributed by atoms with van der Waals surface area (Å²) >= 11 is 0. The van der Waals surface area contributed by atoms with Gasteiger partial charge in [0, 0.05) is 12.8 Å². The predicted octanol–water partition coefficient (Wildman–Crippen LogP) is 12.2. The Hall–Kier alpha value is -2.81. The van der Waals surface area contributed by atoms with E-state index in [9.17, 15) is 19.0 Å². The van der Waals surface area contributed by atoms with Gasteiger partial charge in [-0.05, 0) is 83.5 Å². The van der Waals surface area contributed by atoms with Crippen molar-refractivity contribution in [2.24, 2.45) is 0 Å². The summed E-state index contributed by atoms with van der Waals surface area (Å²) in [6.07, 6.45) is 50.5. The number of allylic oxidation sites excluding steroid dienone is 14. The van der Waals surface area contributed by atoms with Gasteiger partial charge in [0.15, 0.2) is 6.10 Å². The first-order valence-electron chi connectivity index (χ1n) is 22.3. The summed E-state index contributed by atoms with van der Waals surface area (Å²) in [5.74, 6) is -0.941. The summed E-state index contributed by atoms with van der Waals surface area (Å²) in [6, 6.07) is 0. The summed E-state index contributed by atoms with van der Waals surface area (Å²) in [5.41, 5.74) is 0. The fourth-order valence-electron chi connectivity index (χ4n) is 5.37. The number of unbranched alkanes of at least 4 members (excludes halogenated alkanes) is 11. The summed E-state index contributed by atoms with van der Waals surface area (Å²) in [4.78, 5) is 37.5. The van der Waals surface area contributed by atoms with Crippen LogP contribution in [0.3, 0.4) is 0 Å². The molecule has 58 heavy (non-hydrogen) atoms. The third kappa shape index (κ3) is 42.8. The van der Waals surface area contributed by atoms with E-state index in [4.69, 9.17) is 18.5 Å². The quantitative estimate of drug-likeness (QED) is 0.0198. The van der Waals surface area contributed by atoms with Gasteiger partial charge in [0.05, 0.1) is 27.7 Å². The van der Waals surface area contributed by atoms with Crippen LogP contribution in [0, 0.1) is 0 Å². The number of phosphoric acid groups is 1. The number of carbonyl (C=O) groups is 2. The number of ether oxygens (including phenoxy) is 2. The van der Waals surface area contributed by atoms with E-state index in [-0.39, 0.29) is 26.1 Å². The Balaban J connectivity index is 4.52. The highest BCUT2D eigenvalue weighted by molar-refractivity contribution is 7.45. The average molecular weight is 832 g/mol. The zero-order valence-corrected chi connectivity index (χ0v) is 38.1. The third-order valence-corrected chi connectivity index (χ3v) is 9.83. The van der Waals surface area contributed by atoms with Crippen LogP contribution >= 0.6 is 7.82 Å². The molecule has 0 saturated heterocycles. The Morgan fingerprint density at radius 2 is 0.983 bits per heavy atom. The Morgan fingerprint density at radius 3 is 1.50 bits per heavy atom. The van der Waals surface area contributed by atoms with E-state index >= 15 is 0 Å². The van der Waals surface area contributed by atoms with E-state index < -0.39 is 32.5 Å². The molecule has 0 aromatic heterocycles. The average Bonchev–Trinajstić information content (AvgIpc) is 3.17. The van der Waals surface area contributed by atoms with Gasteiger partial charge in [0.2, 0.25) is 0 Å². The third-order valence-electron chi connectivity index (χ3n) is 8.87. The van der Waals surface area contributed by atoms with Crippen molar-refractivity contribution in [2.45, 2.75) is 161 Å². The first-order valence-corrected chi connectivity index (χ1v) is 23.8. The molecule has 2 atom stereocenters. The highest BCUT2D eigenvalue weighted by Crippen LogP contribution is 2.38. The highest BCUT2D eigenvalue weighted by Gasteiger charge is 2.21. The minimum Gasteiger partial charge on any atom is -0.756 e. The van der Waals surface area contributed by atoms with Gasteiger partial charge in [0.25, 0.3) is 7.82 Å². The van der Waals surface area contributed by atoms with Crippen LogP contribution in [0.25, 0.3) is 0 Å². The summed E-state index contributed by atoms with van der Waals surface area (Å²) < 4.78 is 33.8. The van der Waals surface area contributed by atoms with Crippen LogP contribution < -0.4 is 4.89 Å². The molecule has 0 aliphatic rings. The van der Waals surface area contributed by atoms with Crippen molar-refractivity contribution < 1.29 is 42.1 Å². The second kappa shape index (κ2) is 39.6. The number of nitrogens with zero attached hydrogens (tertiary/aromatic N) is 1. The number of esters is 2. The molecule has 0 radical (unpaired) electrons. The maximum Gasteiger partial charge on any atom is 0.306 e. The SMILES string of the molecule is CCC/C=C/C/C=C/C/C=C/C/C=C/CCCCCC(=O)O[C@H](COC(=O)CCC/C=C/C/C=C/C/C=C/CCCCCCCC)COP(=O)([O-])OCC[N+](C)(C)C. The number of carbonyl (C=O) groups excluding carboxylic acids is 2. The minimum atomic E-state index is -4.65. The predicted molar refractivity (Wildman–Crippen MR) is 240 cm³/mol. The van der Waals surface area contributed by atoms with Crippen LogP contribution in [0.15, 0.2) is 85.1 Å². The maximum absolute atomic E-state index is 12.7. The molecular weight excluding hydrogens is 750 g/mol. The summed E-state index contributed by atoms with van der Waals surface area (Å²) in [6.45, 7) is 4.03. The molecule has 10 heteroatoms. The maximum atomic E-state index is 12.7. The molecule has 9 nitrogen and oxygen atoms in total. The number of likely N-dealkylation sites (N-methyl/N-ethyl adjacent to an activating group) is 1. The van der Waals surface area contributed by atoms with E-state index in [1.165, 1.54) is 44.9 Å². The van der Waals surface area contributed by atoms with Crippen LogP contribution in [0.4, 0.5) is 0 Å². The number of hydrogen-bond acceptors (Lipinski definition) is 8. The molecule has 0 aromatic carbocycles. The fraction of sp³-hybridized carbons (Fsp3) is 0.667. The van der Waals surface area contributed by atoms with Gasteiger partial charge in [-0.15, -0.1) is 0 Å². The van der Waals surface area contributed by atoms with Crippen molar-refractivity contribution >= 4 is 19.8 Å². The summed E-state index contributed by atoms with van der Waals surface area (Å²) in [5, 5.41) is 0. The summed E-state index contributed by atoms with van der Waals surface area (Å²) in [7, 11) is 1.10. The molecular formula is C48H82NO8P. The van der Waals surface area contributed by atoms with E-state index in [0.717, 1.165) is 70.6 Å². The standard InChI is InChI=1S/C48H82NO8P/c1-6-8-10-12-14-16-18-20-22-24-26-28-30-32-34-36-38-40-47(50)54-44-46(45-56-58(52,53)55-43-42-49(3,4)5)57-48(51)41-39-37-35-33-31-29-27-25-23-21-19-17-15-13-11-9-7-2/h11,13,17,19-20,22-23,25-26,28-29,31-32,34,46H,6-10,12,14-16,18,21,24,27,30,33,35-45H2,1-5H3/b13-11+,19-17+,22-20+,25-23+,28-26+,31-29+,34-32+/t46-/m1/s1. The van der Waals surface area contributed by atoms with Crippen molar-refractivity contribution in [2.75, 3.05) is 47.5 Å². The van der Waals surface area contributed by atoms with Gasteiger partial charge in [-0.3, -0.25) is 14.2 Å². The lowest BCUT2D eigenvalue weighted by Gasteiger charge is -2.28. The Labute approximate surface area is 354 Å². The molecule has 0 aliphatic carbocycles. The minimum absolute atomic E-state index is 0.0495. The van der Waals surface area contributed by atoms with Crippen LogP contribution in [-0.4, -0.2) is 70.0 Å². The zero-order valence-electron chi connectivity index (χ0n) is 37.2. The van der Waals surface area contributed by atoms with Crippen molar-refractivity contribution in [3.8, 4) is 0 Å². The Kier molecular flexibility index (Phi) is 37.7. The first-order chi connectivity index (χ1) is 28.0. The molecule has 332 valence electrons. The molecule has 0 rings (SSSR count). The van der Waals surface area contributed by atoms with Crippen LogP contribution in [0.2, 0.25) is 0 Å². The second-order valence-electron chi connectivity index (χ2n) is 15.7. The van der Waals surface area contributed by atoms with Crippen LogP contribution in [-0.2, 0) is 32.7 Å². The molecule has 0 heterocycles. The van der Waals surface area contributed by atoms with Crippen molar-refractivity contribution in [3.63, 3.8) is 0 Å². The molecule has 0 saturated carbocycles. The topological polar surface area (TPSA) is 111 Å². The normalized spacial score (nSPS) is 14.4. The molecule has 0 aliphatic heterocycles. The van der Waals surface area contributed by atoms with Crippen molar-refractivity contribution in [1.29, 1.82) is 0 Å². The molecule has 1 unspecified atom stereocenters. The molecule has 0 amide bonds.